The second-order valence-corrected chi connectivity index (χ2v) is 8.72. The number of carbonyl (C=O) groups excluding carboxylic acids is 1. The predicted octanol–water partition coefficient (Wildman–Crippen LogP) is 0.512. The largest absolute Gasteiger partial charge is 0.360 e. The number of nitrogens with one attached hydrogen (secondary N) is 1. The minimum atomic E-state index is -3.84. The topological polar surface area (TPSA) is 95.8 Å². The van der Waals surface area contributed by atoms with Crippen LogP contribution in [0.3, 0.4) is 0 Å². The average molecular weight is 370 g/mol. The Morgan fingerprint density at radius 2 is 1.92 bits per heavy atom. The van der Waals surface area contributed by atoms with E-state index in [2.05, 4.69) is 14.8 Å². The Balaban J connectivity index is 1.57. The van der Waals surface area contributed by atoms with Crippen molar-refractivity contribution < 1.29 is 17.7 Å². The zero-order valence-electron chi connectivity index (χ0n) is 15.0. The second kappa shape index (κ2) is 7.05. The third kappa shape index (κ3) is 4.21. The van der Waals surface area contributed by atoms with Crippen molar-refractivity contribution in [3.63, 3.8) is 0 Å². The van der Waals surface area contributed by atoms with E-state index in [1.807, 2.05) is 0 Å². The fourth-order valence-electron chi connectivity index (χ4n) is 3.29. The van der Waals surface area contributed by atoms with Crippen LogP contribution in [0.2, 0.25) is 0 Å². The highest BCUT2D eigenvalue weighted by atomic mass is 32.2. The quantitative estimate of drug-likeness (QED) is 0.784. The molecular weight excluding hydrogens is 344 g/mol. The van der Waals surface area contributed by atoms with Gasteiger partial charge in [0.15, 0.2) is 5.76 Å². The Labute approximate surface area is 148 Å². The van der Waals surface area contributed by atoms with E-state index >= 15 is 0 Å². The van der Waals surface area contributed by atoms with E-state index in [-0.39, 0.29) is 16.6 Å². The highest BCUT2D eigenvalue weighted by Gasteiger charge is 2.32. The molecular formula is C16H26N4O4S. The Morgan fingerprint density at radius 3 is 2.44 bits per heavy atom. The van der Waals surface area contributed by atoms with Gasteiger partial charge in [-0.15, -0.1) is 0 Å². The molecule has 2 fully saturated rings. The van der Waals surface area contributed by atoms with Crippen LogP contribution < -0.4 is 4.72 Å². The minimum absolute atomic E-state index is 0.0152. The van der Waals surface area contributed by atoms with Gasteiger partial charge in [-0.3, -0.25) is 9.69 Å². The van der Waals surface area contributed by atoms with Gasteiger partial charge in [-0.25, -0.2) is 8.42 Å². The van der Waals surface area contributed by atoms with Crippen LogP contribution >= 0.6 is 0 Å². The maximum absolute atomic E-state index is 12.6. The number of rotatable bonds is 6. The molecule has 0 spiro atoms. The summed E-state index contributed by atoms with van der Waals surface area (Å²) in [5.74, 6) is 0.864. The molecule has 9 heteroatoms. The summed E-state index contributed by atoms with van der Waals surface area (Å²) in [4.78, 5) is 16.7. The molecule has 1 aromatic rings. The Morgan fingerprint density at radius 1 is 1.28 bits per heavy atom. The van der Waals surface area contributed by atoms with Crippen molar-refractivity contribution in [3.05, 3.63) is 11.5 Å². The molecule has 1 aliphatic carbocycles. The van der Waals surface area contributed by atoms with Crippen molar-refractivity contribution in [2.45, 2.75) is 44.6 Å². The first-order valence-electron chi connectivity index (χ1n) is 8.74. The smallest absolute Gasteiger partial charge is 0.246 e. The Hall–Kier alpha value is -1.45. The van der Waals surface area contributed by atoms with Crippen LogP contribution in [-0.2, 0) is 14.8 Å². The Bertz CT molecular complexity index is 714. The molecule has 2 heterocycles. The van der Waals surface area contributed by atoms with Crippen molar-refractivity contribution >= 4 is 15.9 Å². The molecule has 1 atom stereocenters. The minimum Gasteiger partial charge on any atom is -0.360 e. The van der Waals surface area contributed by atoms with Gasteiger partial charge < -0.3 is 9.42 Å². The molecule has 1 N–H and O–H groups in total. The van der Waals surface area contributed by atoms with Gasteiger partial charge in [0.25, 0.3) is 0 Å². The molecule has 0 bridgehead atoms. The number of nitrogens with zero attached hydrogens (tertiary/aromatic N) is 3. The SMILES string of the molecule is Cc1noc(C)c1S(=O)(=O)N[C@@H](C)C(=O)N1CCN(CC2CC2)CC1. The van der Waals surface area contributed by atoms with E-state index in [1.54, 1.807) is 25.7 Å². The molecule has 25 heavy (non-hydrogen) atoms. The van der Waals surface area contributed by atoms with E-state index in [0.717, 1.165) is 25.6 Å². The van der Waals surface area contributed by atoms with Crippen molar-refractivity contribution in [2.75, 3.05) is 32.7 Å². The summed E-state index contributed by atoms with van der Waals surface area (Å²) in [6.07, 6.45) is 2.64. The van der Waals surface area contributed by atoms with Crippen molar-refractivity contribution in [2.24, 2.45) is 5.92 Å². The van der Waals surface area contributed by atoms with E-state index in [4.69, 9.17) is 4.52 Å². The molecule has 2 aliphatic rings. The molecule has 8 nitrogen and oxygen atoms in total. The third-order valence-corrected chi connectivity index (χ3v) is 6.62. The first-order valence-corrected chi connectivity index (χ1v) is 10.2. The van der Waals surface area contributed by atoms with Crippen LogP contribution in [0.5, 0.6) is 0 Å². The molecule has 1 saturated heterocycles. The molecule has 0 radical (unpaired) electrons. The molecule has 1 amide bonds. The number of aryl methyl sites for hydroxylation is 2. The van der Waals surface area contributed by atoms with Gasteiger partial charge in [-0.1, -0.05) is 5.16 Å². The fourth-order valence-corrected chi connectivity index (χ4v) is 4.82. The average Bonchev–Trinajstić information content (AvgIpc) is 3.29. The number of hydrogen-bond acceptors (Lipinski definition) is 6. The van der Waals surface area contributed by atoms with Crippen LogP contribution in [0, 0.1) is 19.8 Å². The molecule has 140 valence electrons. The lowest BCUT2D eigenvalue weighted by atomic mass is 10.2. The maximum atomic E-state index is 12.6. The van der Waals surface area contributed by atoms with Crippen molar-refractivity contribution in [1.29, 1.82) is 0 Å². The summed E-state index contributed by atoms with van der Waals surface area (Å²) >= 11 is 0. The van der Waals surface area contributed by atoms with E-state index in [1.165, 1.54) is 12.8 Å². The highest BCUT2D eigenvalue weighted by molar-refractivity contribution is 7.89. The van der Waals surface area contributed by atoms with Crippen molar-refractivity contribution in [1.82, 2.24) is 19.7 Å². The van der Waals surface area contributed by atoms with Crippen molar-refractivity contribution in [3.8, 4) is 0 Å². The van der Waals surface area contributed by atoms with Crippen LogP contribution in [-0.4, -0.2) is 68.0 Å². The number of carbonyl (C=O) groups is 1. The van der Waals surface area contributed by atoms with Crippen LogP contribution in [0.4, 0.5) is 0 Å². The normalized spacial score (nSPS) is 20.7. The van der Waals surface area contributed by atoms with Gasteiger partial charge in [0.1, 0.15) is 10.6 Å². The number of hydrogen-bond donors (Lipinski definition) is 1. The zero-order chi connectivity index (χ0) is 18.2. The molecule has 1 aromatic heterocycles. The zero-order valence-corrected chi connectivity index (χ0v) is 15.8. The molecule has 0 unspecified atom stereocenters. The lowest BCUT2D eigenvalue weighted by Crippen LogP contribution is -2.54. The lowest BCUT2D eigenvalue weighted by molar-refractivity contribution is -0.134. The summed E-state index contributed by atoms with van der Waals surface area (Å²) in [5.41, 5.74) is 0.290. The second-order valence-electron chi connectivity index (χ2n) is 7.07. The molecule has 0 aromatic carbocycles. The molecule has 1 saturated carbocycles. The lowest BCUT2D eigenvalue weighted by Gasteiger charge is -2.36. The van der Waals surface area contributed by atoms with Gasteiger partial charge in [0.05, 0.1) is 6.04 Å². The summed E-state index contributed by atoms with van der Waals surface area (Å²) < 4.78 is 32.4. The summed E-state index contributed by atoms with van der Waals surface area (Å²) in [6, 6.07) is -0.825. The first kappa shape index (κ1) is 18.3. The number of sulfonamides is 1. The number of piperazine rings is 1. The maximum Gasteiger partial charge on any atom is 0.246 e. The fraction of sp³-hybridized carbons (Fsp3) is 0.750. The van der Waals surface area contributed by atoms with Crippen LogP contribution in [0.1, 0.15) is 31.2 Å². The van der Waals surface area contributed by atoms with Crippen LogP contribution in [0.25, 0.3) is 0 Å². The Kier molecular flexibility index (Phi) is 5.17. The summed E-state index contributed by atoms with van der Waals surface area (Å²) in [6.45, 7) is 8.80. The van der Waals surface area contributed by atoms with Gasteiger partial charge >= 0.3 is 0 Å². The van der Waals surface area contributed by atoms with E-state index < -0.39 is 16.1 Å². The van der Waals surface area contributed by atoms with Gasteiger partial charge in [0.2, 0.25) is 15.9 Å². The predicted molar refractivity (Wildman–Crippen MR) is 91.5 cm³/mol. The number of amides is 1. The molecule has 1 aliphatic heterocycles. The van der Waals surface area contributed by atoms with Gasteiger partial charge in [0, 0.05) is 32.7 Å². The monoisotopic (exact) mass is 370 g/mol. The van der Waals surface area contributed by atoms with Gasteiger partial charge in [-0.2, -0.15) is 4.72 Å². The highest BCUT2D eigenvalue weighted by Crippen LogP contribution is 2.30. The number of aromatic nitrogens is 1. The standard InChI is InChI=1S/C16H26N4O4S/c1-11-15(13(3)24-17-11)25(22,23)18-12(2)16(21)20-8-6-19(7-9-20)10-14-4-5-14/h12,14,18H,4-10H2,1-3H3/t12-/m0/s1. The summed E-state index contributed by atoms with van der Waals surface area (Å²) in [5, 5.41) is 3.67. The van der Waals surface area contributed by atoms with E-state index in [0.29, 0.717) is 18.8 Å². The molecule has 3 rings (SSSR count). The summed E-state index contributed by atoms with van der Waals surface area (Å²) in [7, 11) is -3.84. The van der Waals surface area contributed by atoms with Crippen LogP contribution in [0.15, 0.2) is 9.42 Å². The first-order chi connectivity index (χ1) is 11.8. The van der Waals surface area contributed by atoms with Gasteiger partial charge in [-0.05, 0) is 39.5 Å². The van der Waals surface area contributed by atoms with E-state index in [9.17, 15) is 13.2 Å². The third-order valence-electron chi connectivity index (χ3n) is 4.84.